The van der Waals surface area contributed by atoms with E-state index < -0.39 is 24.1 Å². The fourth-order valence-electron chi connectivity index (χ4n) is 4.05. The van der Waals surface area contributed by atoms with Crippen molar-refractivity contribution in [2.24, 2.45) is 5.92 Å². The number of carboxylic acid groups (broad SMARTS) is 1. The Bertz CT molecular complexity index is 745. The van der Waals surface area contributed by atoms with Crippen molar-refractivity contribution in [2.75, 3.05) is 29.4 Å². The SMILES string of the molecule is C[C@H]1[C@@H](F)CN1c1nc(N2CC[C@H](CC(=O)O)C2)c2c(n1)C(F)(F)CC2. The van der Waals surface area contributed by atoms with Crippen LogP contribution in [0.5, 0.6) is 0 Å². The molecule has 2 aliphatic heterocycles. The smallest absolute Gasteiger partial charge is 0.303 e. The van der Waals surface area contributed by atoms with Gasteiger partial charge in [0.1, 0.15) is 17.7 Å². The molecular weight excluding hydrogens is 349 g/mol. The van der Waals surface area contributed by atoms with E-state index in [1.165, 1.54) is 0 Å². The summed E-state index contributed by atoms with van der Waals surface area (Å²) in [6.45, 7) is 2.84. The average molecular weight is 370 g/mol. The molecule has 0 unspecified atom stereocenters. The predicted molar refractivity (Wildman–Crippen MR) is 88.5 cm³/mol. The van der Waals surface area contributed by atoms with Crippen molar-refractivity contribution < 1.29 is 23.1 Å². The third-order valence-corrected chi connectivity index (χ3v) is 5.70. The first-order valence-corrected chi connectivity index (χ1v) is 8.93. The molecule has 0 aromatic carbocycles. The first kappa shape index (κ1) is 17.4. The number of hydrogen-bond donors (Lipinski definition) is 1. The Hall–Kier alpha value is -2.06. The lowest BCUT2D eigenvalue weighted by molar-refractivity contribution is -0.137. The fourth-order valence-corrected chi connectivity index (χ4v) is 4.05. The van der Waals surface area contributed by atoms with Crippen LogP contribution in [0.15, 0.2) is 0 Å². The number of rotatable bonds is 4. The molecule has 0 radical (unpaired) electrons. The number of hydrogen-bond acceptors (Lipinski definition) is 5. The first-order chi connectivity index (χ1) is 12.3. The molecule has 0 spiro atoms. The number of anilines is 2. The number of carbonyl (C=O) groups is 1. The number of aliphatic carboxylic acids is 1. The number of nitrogens with zero attached hydrogens (tertiary/aromatic N) is 4. The quantitative estimate of drug-likeness (QED) is 0.878. The van der Waals surface area contributed by atoms with E-state index in [9.17, 15) is 18.0 Å². The first-order valence-electron chi connectivity index (χ1n) is 8.93. The van der Waals surface area contributed by atoms with Crippen molar-refractivity contribution in [2.45, 2.75) is 50.7 Å². The second-order valence-electron chi connectivity index (χ2n) is 7.49. The van der Waals surface area contributed by atoms with Gasteiger partial charge in [-0.1, -0.05) is 0 Å². The molecule has 3 heterocycles. The number of carboxylic acids is 1. The third-order valence-electron chi connectivity index (χ3n) is 5.70. The summed E-state index contributed by atoms with van der Waals surface area (Å²) in [5.74, 6) is -3.29. The van der Waals surface area contributed by atoms with Gasteiger partial charge in [-0.25, -0.2) is 9.37 Å². The van der Waals surface area contributed by atoms with Crippen LogP contribution in [-0.4, -0.2) is 52.9 Å². The van der Waals surface area contributed by atoms with E-state index in [1.54, 1.807) is 11.8 Å². The second kappa shape index (κ2) is 5.99. The molecule has 6 nitrogen and oxygen atoms in total. The van der Waals surface area contributed by atoms with Crippen LogP contribution in [0.2, 0.25) is 0 Å². The molecule has 26 heavy (non-hydrogen) atoms. The van der Waals surface area contributed by atoms with Crippen molar-refractivity contribution in [1.82, 2.24) is 9.97 Å². The summed E-state index contributed by atoms with van der Waals surface area (Å²) in [5.41, 5.74) is 0.188. The highest BCUT2D eigenvalue weighted by Crippen LogP contribution is 2.45. The van der Waals surface area contributed by atoms with Crippen LogP contribution in [0.25, 0.3) is 0 Å². The summed E-state index contributed by atoms with van der Waals surface area (Å²) in [5, 5.41) is 8.98. The zero-order chi connectivity index (χ0) is 18.6. The van der Waals surface area contributed by atoms with Crippen LogP contribution in [0.3, 0.4) is 0 Å². The number of alkyl halides is 3. The van der Waals surface area contributed by atoms with E-state index in [0.717, 1.165) is 0 Å². The van der Waals surface area contributed by atoms with E-state index in [0.29, 0.717) is 30.9 Å². The molecule has 1 N–H and O–H groups in total. The van der Waals surface area contributed by atoms with E-state index in [-0.39, 0.29) is 43.4 Å². The molecule has 0 saturated carbocycles. The second-order valence-corrected chi connectivity index (χ2v) is 7.49. The van der Waals surface area contributed by atoms with Gasteiger partial charge < -0.3 is 14.9 Å². The van der Waals surface area contributed by atoms with Crippen LogP contribution in [0, 0.1) is 5.92 Å². The molecule has 1 aliphatic carbocycles. The van der Waals surface area contributed by atoms with E-state index in [1.807, 2.05) is 4.90 Å². The van der Waals surface area contributed by atoms with Crippen LogP contribution in [0.1, 0.15) is 37.4 Å². The van der Waals surface area contributed by atoms with E-state index >= 15 is 0 Å². The zero-order valence-corrected chi connectivity index (χ0v) is 14.5. The molecule has 1 aromatic rings. The fraction of sp³-hybridized carbons (Fsp3) is 0.706. The van der Waals surface area contributed by atoms with Crippen LogP contribution < -0.4 is 9.80 Å². The van der Waals surface area contributed by atoms with Gasteiger partial charge in [-0.05, 0) is 25.7 Å². The van der Waals surface area contributed by atoms with Gasteiger partial charge >= 0.3 is 5.97 Å². The third kappa shape index (κ3) is 2.77. The lowest BCUT2D eigenvalue weighted by atomic mass is 10.0. The Balaban J connectivity index is 1.68. The molecule has 142 valence electrons. The molecule has 4 rings (SSSR count). The number of aromatic nitrogens is 2. The van der Waals surface area contributed by atoms with Crippen molar-refractivity contribution in [1.29, 1.82) is 0 Å². The minimum absolute atomic E-state index is 0.0263. The number of halogens is 3. The largest absolute Gasteiger partial charge is 0.481 e. The lowest BCUT2D eigenvalue weighted by Gasteiger charge is -2.42. The summed E-state index contributed by atoms with van der Waals surface area (Å²) in [6.07, 6.45) is -0.383. The number of fused-ring (bicyclic) bond motifs is 1. The van der Waals surface area contributed by atoms with E-state index in [2.05, 4.69) is 9.97 Å². The summed E-state index contributed by atoms with van der Waals surface area (Å²) in [7, 11) is 0. The average Bonchev–Trinajstić information content (AvgIpc) is 3.15. The Morgan fingerprint density at radius 1 is 1.35 bits per heavy atom. The van der Waals surface area contributed by atoms with Gasteiger partial charge in [-0.3, -0.25) is 4.79 Å². The van der Waals surface area contributed by atoms with Crippen LogP contribution >= 0.6 is 0 Å². The topological polar surface area (TPSA) is 69.6 Å². The van der Waals surface area contributed by atoms with Crippen molar-refractivity contribution in [3.63, 3.8) is 0 Å². The molecule has 2 saturated heterocycles. The van der Waals surface area contributed by atoms with Gasteiger partial charge in [0.25, 0.3) is 5.92 Å². The molecule has 0 amide bonds. The van der Waals surface area contributed by atoms with Gasteiger partial charge in [0.05, 0.1) is 12.6 Å². The highest BCUT2D eigenvalue weighted by molar-refractivity contribution is 5.67. The van der Waals surface area contributed by atoms with Gasteiger partial charge in [0.2, 0.25) is 5.95 Å². The maximum Gasteiger partial charge on any atom is 0.303 e. The van der Waals surface area contributed by atoms with Crippen molar-refractivity contribution in [3.05, 3.63) is 11.3 Å². The van der Waals surface area contributed by atoms with Crippen LogP contribution in [0.4, 0.5) is 24.9 Å². The summed E-state index contributed by atoms with van der Waals surface area (Å²) >= 11 is 0. The lowest BCUT2D eigenvalue weighted by Crippen LogP contribution is -2.57. The highest BCUT2D eigenvalue weighted by atomic mass is 19.3. The Morgan fingerprint density at radius 2 is 2.12 bits per heavy atom. The minimum atomic E-state index is -3.01. The molecular formula is C17H21F3N4O2. The van der Waals surface area contributed by atoms with Gasteiger partial charge in [-0.15, -0.1) is 0 Å². The normalized spacial score (nSPS) is 29.6. The standard InChI is InChI=1S/C17H21F3N4O2/c1-9-12(18)8-24(9)16-21-14-11(2-4-17(14,19)20)15(22-16)23-5-3-10(7-23)6-13(25)26/h9-10,12H,2-8H2,1H3,(H,25,26)/t9-,10+,12-/m0/s1. The molecule has 0 bridgehead atoms. The monoisotopic (exact) mass is 370 g/mol. The van der Waals surface area contributed by atoms with E-state index in [4.69, 9.17) is 5.11 Å². The highest BCUT2D eigenvalue weighted by Gasteiger charge is 2.46. The maximum atomic E-state index is 14.3. The summed E-state index contributed by atoms with van der Waals surface area (Å²) in [4.78, 5) is 23.0. The Morgan fingerprint density at radius 3 is 2.77 bits per heavy atom. The maximum absolute atomic E-state index is 14.3. The molecule has 1 aromatic heterocycles. The van der Waals surface area contributed by atoms with Gasteiger partial charge in [0.15, 0.2) is 0 Å². The summed E-state index contributed by atoms with van der Waals surface area (Å²) in [6, 6.07) is -0.436. The predicted octanol–water partition coefficient (Wildman–Crippen LogP) is 2.36. The van der Waals surface area contributed by atoms with Crippen LogP contribution in [-0.2, 0) is 17.1 Å². The molecule has 3 aliphatic rings. The molecule has 3 atom stereocenters. The van der Waals surface area contributed by atoms with Crippen molar-refractivity contribution >= 4 is 17.7 Å². The zero-order valence-electron chi connectivity index (χ0n) is 14.5. The van der Waals surface area contributed by atoms with Gasteiger partial charge in [0, 0.05) is 31.5 Å². The summed E-state index contributed by atoms with van der Waals surface area (Å²) < 4.78 is 42.2. The van der Waals surface area contributed by atoms with Gasteiger partial charge in [-0.2, -0.15) is 13.8 Å². The Labute approximate surface area is 149 Å². The molecule has 2 fully saturated rings. The molecule has 9 heteroatoms. The minimum Gasteiger partial charge on any atom is -0.481 e. The van der Waals surface area contributed by atoms with Crippen molar-refractivity contribution in [3.8, 4) is 0 Å². The Kier molecular flexibility index (Phi) is 4.00.